The van der Waals surface area contributed by atoms with E-state index in [1.54, 1.807) is 26.0 Å². The second kappa shape index (κ2) is 4.30. The summed E-state index contributed by atoms with van der Waals surface area (Å²) in [5, 5.41) is 6.62. The highest BCUT2D eigenvalue weighted by Gasteiger charge is 2.02. The zero-order valence-corrected chi connectivity index (χ0v) is 9.12. The van der Waals surface area contributed by atoms with Crippen LogP contribution in [0.4, 0.5) is 10.4 Å². The van der Waals surface area contributed by atoms with E-state index in [4.69, 9.17) is 4.52 Å². The van der Waals surface area contributed by atoms with Gasteiger partial charge in [0.15, 0.2) is 5.82 Å². The average Bonchev–Trinajstić information content (AvgIpc) is 2.66. The van der Waals surface area contributed by atoms with Crippen molar-refractivity contribution in [2.45, 2.75) is 20.4 Å². The van der Waals surface area contributed by atoms with Crippen LogP contribution in [0.15, 0.2) is 22.7 Å². The lowest BCUT2D eigenvalue weighted by Crippen LogP contribution is -2.00. The zero-order chi connectivity index (χ0) is 11.5. The topological polar surface area (TPSA) is 51.0 Å². The molecule has 0 spiro atoms. The Balaban J connectivity index is 2.02. The van der Waals surface area contributed by atoms with Crippen LogP contribution < -0.4 is 5.32 Å². The first-order chi connectivity index (χ1) is 7.65. The number of halogens is 1. The van der Waals surface area contributed by atoms with Gasteiger partial charge in [0.1, 0.15) is 5.82 Å². The van der Waals surface area contributed by atoms with Crippen molar-refractivity contribution in [2.24, 2.45) is 0 Å². The summed E-state index contributed by atoms with van der Waals surface area (Å²) in [6, 6.07) is 5.33. The number of hydrogen-bond donors (Lipinski definition) is 1. The highest BCUT2D eigenvalue weighted by atomic mass is 19.1. The van der Waals surface area contributed by atoms with Gasteiger partial charge in [0, 0.05) is 6.54 Å². The number of hydrogen-bond acceptors (Lipinski definition) is 4. The lowest BCUT2D eigenvalue weighted by molar-refractivity contribution is 0.425. The molecule has 0 unspecified atom stereocenters. The Morgan fingerprint density at radius 3 is 2.81 bits per heavy atom. The van der Waals surface area contributed by atoms with Crippen molar-refractivity contribution >= 4 is 6.01 Å². The van der Waals surface area contributed by atoms with Gasteiger partial charge in [-0.2, -0.15) is 4.98 Å². The number of aromatic nitrogens is 2. The van der Waals surface area contributed by atoms with E-state index in [9.17, 15) is 4.39 Å². The van der Waals surface area contributed by atoms with Crippen molar-refractivity contribution in [1.82, 2.24) is 10.1 Å². The van der Waals surface area contributed by atoms with Crippen LogP contribution in [0.5, 0.6) is 0 Å². The molecule has 0 radical (unpaired) electrons. The monoisotopic (exact) mass is 221 g/mol. The van der Waals surface area contributed by atoms with Gasteiger partial charge in [0.05, 0.1) is 0 Å². The maximum absolute atomic E-state index is 13.0. The summed E-state index contributed by atoms with van der Waals surface area (Å²) in [5.41, 5.74) is 1.59. The van der Waals surface area contributed by atoms with Crippen molar-refractivity contribution in [3.05, 3.63) is 41.0 Å². The van der Waals surface area contributed by atoms with Crippen molar-refractivity contribution < 1.29 is 8.91 Å². The molecule has 0 amide bonds. The van der Waals surface area contributed by atoms with Crippen LogP contribution >= 0.6 is 0 Å². The molecule has 0 saturated carbocycles. The number of aryl methyl sites for hydroxylation is 2. The molecule has 0 bridgehead atoms. The van der Waals surface area contributed by atoms with Crippen molar-refractivity contribution in [3.8, 4) is 0 Å². The first kappa shape index (κ1) is 10.6. The first-order valence-electron chi connectivity index (χ1n) is 4.94. The number of nitrogens with one attached hydrogen (secondary N) is 1. The lowest BCUT2D eigenvalue weighted by atomic mass is 10.1. The molecule has 0 aliphatic carbocycles. The summed E-state index contributed by atoms with van der Waals surface area (Å²) in [5.74, 6) is 0.384. The molecule has 1 N–H and O–H groups in total. The summed E-state index contributed by atoms with van der Waals surface area (Å²) in [7, 11) is 0. The van der Waals surface area contributed by atoms with E-state index in [1.807, 2.05) is 0 Å². The minimum absolute atomic E-state index is 0.197. The minimum Gasteiger partial charge on any atom is -0.334 e. The fourth-order valence-corrected chi connectivity index (χ4v) is 1.36. The third kappa shape index (κ3) is 2.36. The van der Waals surface area contributed by atoms with Gasteiger partial charge in [0.25, 0.3) is 0 Å². The minimum atomic E-state index is -0.197. The number of benzene rings is 1. The molecule has 0 saturated heterocycles. The number of rotatable bonds is 3. The van der Waals surface area contributed by atoms with Crippen LogP contribution in [0, 0.1) is 19.7 Å². The van der Waals surface area contributed by atoms with E-state index in [0.29, 0.717) is 23.9 Å². The van der Waals surface area contributed by atoms with Crippen LogP contribution in [-0.2, 0) is 6.54 Å². The Morgan fingerprint density at radius 2 is 2.19 bits per heavy atom. The standard InChI is InChI=1S/C11H12FN3O/c1-7-5-9(3-4-10(7)12)6-13-11-14-8(2)15-16-11/h3-5H,6H2,1-2H3,(H,13,14,15). The van der Waals surface area contributed by atoms with E-state index in [1.165, 1.54) is 6.07 Å². The normalized spacial score (nSPS) is 10.4. The molecular formula is C11H12FN3O. The number of anilines is 1. The zero-order valence-electron chi connectivity index (χ0n) is 9.12. The molecule has 16 heavy (non-hydrogen) atoms. The van der Waals surface area contributed by atoms with Crippen molar-refractivity contribution in [2.75, 3.05) is 5.32 Å². The maximum Gasteiger partial charge on any atom is 0.321 e. The van der Waals surface area contributed by atoms with E-state index in [-0.39, 0.29) is 5.82 Å². The van der Waals surface area contributed by atoms with Gasteiger partial charge in [0.2, 0.25) is 0 Å². The van der Waals surface area contributed by atoms with Crippen LogP contribution in [0.3, 0.4) is 0 Å². The Morgan fingerprint density at radius 1 is 1.38 bits per heavy atom. The number of nitrogens with zero attached hydrogens (tertiary/aromatic N) is 2. The van der Waals surface area contributed by atoms with E-state index in [2.05, 4.69) is 15.5 Å². The Labute approximate surface area is 92.5 Å². The third-order valence-electron chi connectivity index (χ3n) is 2.19. The molecule has 1 aromatic carbocycles. The fraction of sp³-hybridized carbons (Fsp3) is 0.273. The van der Waals surface area contributed by atoms with Crippen LogP contribution in [-0.4, -0.2) is 10.1 Å². The van der Waals surface area contributed by atoms with Crippen LogP contribution in [0.25, 0.3) is 0 Å². The molecule has 4 nitrogen and oxygen atoms in total. The summed E-state index contributed by atoms with van der Waals surface area (Å²) >= 11 is 0. The van der Waals surface area contributed by atoms with E-state index in [0.717, 1.165) is 5.56 Å². The highest BCUT2D eigenvalue weighted by molar-refractivity contribution is 5.28. The molecule has 0 aliphatic heterocycles. The summed E-state index contributed by atoms with van der Waals surface area (Å²) < 4.78 is 17.9. The van der Waals surface area contributed by atoms with Gasteiger partial charge in [-0.1, -0.05) is 17.3 Å². The van der Waals surface area contributed by atoms with E-state index >= 15 is 0 Å². The maximum atomic E-state index is 13.0. The largest absolute Gasteiger partial charge is 0.334 e. The molecule has 0 atom stereocenters. The predicted molar refractivity (Wildman–Crippen MR) is 57.5 cm³/mol. The third-order valence-corrected chi connectivity index (χ3v) is 2.19. The van der Waals surface area contributed by atoms with Crippen LogP contribution in [0.2, 0.25) is 0 Å². The average molecular weight is 221 g/mol. The molecule has 1 heterocycles. The van der Waals surface area contributed by atoms with Gasteiger partial charge in [-0.3, -0.25) is 0 Å². The predicted octanol–water partition coefficient (Wildman–Crippen LogP) is 2.44. The second-order valence-electron chi connectivity index (χ2n) is 3.58. The van der Waals surface area contributed by atoms with Gasteiger partial charge in [-0.25, -0.2) is 4.39 Å². The molecule has 0 aliphatic rings. The Bertz CT molecular complexity index is 496. The van der Waals surface area contributed by atoms with E-state index < -0.39 is 0 Å². The Hall–Kier alpha value is -1.91. The lowest BCUT2D eigenvalue weighted by Gasteiger charge is -2.03. The summed E-state index contributed by atoms with van der Waals surface area (Å²) in [6.07, 6.45) is 0. The molecule has 0 fully saturated rings. The molecule has 2 rings (SSSR count). The fourth-order valence-electron chi connectivity index (χ4n) is 1.36. The highest BCUT2D eigenvalue weighted by Crippen LogP contribution is 2.11. The second-order valence-corrected chi connectivity index (χ2v) is 3.58. The van der Waals surface area contributed by atoms with Gasteiger partial charge < -0.3 is 9.84 Å². The quantitative estimate of drug-likeness (QED) is 0.864. The molecule has 1 aromatic heterocycles. The summed E-state index contributed by atoms with van der Waals surface area (Å²) in [6.45, 7) is 4.01. The molecular weight excluding hydrogens is 209 g/mol. The van der Waals surface area contributed by atoms with Gasteiger partial charge in [-0.15, -0.1) is 0 Å². The molecule has 84 valence electrons. The summed E-state index contributed by atoms with van der Waals surface area (Å²) in [4.78, 5) is 4.00. The van der Waals surface area contributed by atoms with Gasteiger partial charge >= 0.3 is 6.01 Å². The molecule has 2 aromatic rings. The Kier molecular flexibility index (Phi) is 2.85. The smallest absolute Gasteiger partial charge is 0.321 e. The first-order valence-corrected chi connectivity index (χ1v) is 4.94. The SMILES string of the molecule is Cc1noc(NCc2ccc(F)c(C)c2)n1. The van der Waals surface area contributed by atoms with Crippen LogP contribution in [0.1, 0.15) is 17.0 Å². The molecule has 5 heteroatoms. The van der Waals surface area contributed by atoms with Gasteiger partial charge in [-0.05, 0) is 31.0 Å². The van der Waals surface area contributed by atoms with Crippen molar-refractivity contribution in [1.29, 1.82) is 0 Å². The van der Waals surface area contributed by atoms with Crippen molar-refractivity contribution in [3.63, 3.8) is 0 Å².